The third kappa shape index (κ3) is 4.39. The molecular weight excluding hydrogens is 350 g/mol. The fourth-order valence-corrected chi connectivity index (χ4v) is 3.01. The van der Waals surface area contributed by atoms with Crippen molar-refractivity contribution >= 4 is 38.2 Å². The molecule has 0 saturated carbocycles. The first-order valence-corrected chi connectivity index (χ1v) is 8.00. The molecule has 0 fully saturated rings. The molecule has 0 unspecified atom stereocenters. The number of halogens is 1. The van der Waals surface area contributed by atoms with E-state index in [1.165, 1.54) is 12.1 Å². The van der Waals surface area contributed by atoms with Gasteiger partial charge in [-0.2, -0.15) is 4.31 Å². The van der Waals surface area contributed by atoms with Crippen LogP contribution in [0.4, 0.5) is 0 Å². The van der Waals surface area contributed by atoms with Crippen LogP contribution in [0.5, 0.6) is 0 Å². The molecule has 0 saturated heterocycles. The molecule has 0 aromatic heterocycles. The third-order valence-corrected chi connectivity index (χ3v) is 4.69. The molecule has 0 heterocycles. The molecule has 6 nitrogen and oxygen atoms in total. The number of rotatable bonds is 7. The van der Waals surface area contributed by atoms with Crippen LogP contribution in [0.2, 0.25) is 0 Å². The molecule has 110 valence electrons. The van der Waals surface area contributed by atoms with Gasteiger partial charge in [-0.25, -0.2) is 8.42 Å². The normalized spacial score (nSPS) is 11.3. The minimum Gasteiger partial charge on any atom is -0.465 e. The number of ether oxygens (including phenoxy) is 1. The Bertz CT molecular complexity index is 570. The SMILES string of the molecule is CCOC(=O)CN(CC=O)S(=O)(=O)c1ccc(Br)cc1. The molecule has 0 amide bonds. The van der Waals surface area contributed by atoms with E-state index in [9.17, 15) is 18.0 Å². The first-order valence-electron chi connectivity index (χ1n) is 5.76. The summed E-state index contributed by atoms with van der Waals surface area (Å²) in [5.41, 5.74) is 0. The van der Waals surface area contributed by atoms with E-state index in [2.05, 4.69) is 15.9 Å². The quantitative estimate of drug-likeness (QED) is 0.537. The lowest BCUT2D eigenvalue weighted by Gasteiger charge is -2.18. The number of carbonyl (C=O) groups excluding carboxylic acids is 2. The summed E-state index contributed by atoms with van der Waals surface area (Å²) in [4.78, 5) is 22.0. The van der Waals surface area contributed by atoms with Crippen LogP contribution in [-0.2, 0) is 24.3 Å². The van der Waals surface area contributed by atoms with E-state index < -0.39 is 29.1 Å². The van der Waals surface area contributed by atoms with Gasteiger partial charge in [-0.15, -0.1) is 0 Å². The maximum absolute atomic E-state index is 12.3. The zero-order chi connectivity index (χ0) is 15.2. The van der Waals surface area contributed by atoms with Crippen LogP contribution in [0.15, 0.2) is 33.6 Å². The average molecular weight is 364 g/mol. The van der Waals surface area contributed by atoms with Crippen molar-refractivity contribution in [3.8, 4) is 0 Å². The van der Waals surface area contributed by atoms with E-state index in [4.69, 9.17) is 4.74 Å². The molecule has 0 atom stereocenters. The Balaban J connectivity index is 3.02. The topological polar surface area (TPSA) is 80.8 Å². The van der Waals surface area contributed by atoms with E-state index in [0.29, 0.717) is 6.29 Å². The molecule has 0 radical (unpaired) electrons. The van der Waals surface area contributed by atoms with E-state index in [-0.39, 0.29) is 11.5 Å². The molecule has 0 spiro atoms. The molecule has 20 heavy (non-hydrogen) atoms. The molecule has 8 heteroatoms. The van der Waals surface area contributed by atoms with Crippen molar-refractivity contribution in [2.75, 3.05) is 19.7 Å². The number of aldehydes is 1. The van der Waals surface area contributed by atoms with Crippen molar-refractivity contribution in [3.63, 3.8) is 0 Å². The van der Waals surface area contributed by atoms with Gasteiger partial charge in [0.2, 0.25) is 10.0 Å². The highest BCUT2D eigenvalue weighted by atomic mass is 79.9. The van der Waals surface area contributed by atoms with Gasteiger partial charge in [-0.05, 0) is 31.2 Å². The van der Waals surface area contributed by atoms with Crippen LogP contribution in [-0.4, -0.2) is 44.7 Å². The maximum Gasteiger partial charge on any atom is 0.321 e. The van der Waals surface area contributed by atoms with Gasteiger partial charge < -0.3 is 9.53 Å². The highest BCUT2D eigenvalue weighted by Crippen LogP contribution is 2.18. The fourth-order valence-electron chi connectivity index (χ4n) is 1.44. The van der Waals surface area contributed by atoms with E-state index in [1.807, 2.05) is 0 Å². The van der Waals surface area contributed by atoms with E-state index in [0.717, 1.165) is 8.78 Å². The second-order valence-electron chi connectivity index (χ2n) is 3.72. The van der Waals surface area contributed by atoms with Crippen molar-refractivity contribution in [3.05, 3.63) is 28.7 Å². The average Bonchev–Trinajstić information content (AvgIpc) is 2.39. The number of esters is 1. The van der Waals surface area contributed by atoms with Gasteiger partial charge in [0.05, 0.1) is 18.0 Å². The van der Waals surface area contributed by atoms with Crippen LogP contribution in [0.1, 0.15) is 6.92 Å². The summed E-state index contributed by atoms with van der Waals surface area (Å²) in [5.74, 6) is -0.699. The summed E-state index contributed by atoms with van der Waals surface area (Å²) < 4.78 is 30.8. The fraction of sp³-hybridized carbons (Fsp3) is 0.333. The van der Waals surface area contributed by atoms with Gasteiger partial charge in [0, 0.05) is 4.47 Å². The summed E-state index contributed by atoms with van der Waals surface area (Å²) in [7, 11) is -3.91. The van der Waals surface area contributed by atoms with Crippen molar-refractivity contribution < 1.29 is 22.7 Å². The standard InChI is InChI=1S/C12H14BrNO5S/c1-2-19-12(16)9-14(7-8-15)20(17,18)11-5-3-10(13)4-6-11/h3-6,8H,2,7,9H2,1H3. The number of hydrogen-bond donors (Lipinski definition) is 0. The van der Waals surface area contributed by atoms with Gasteiger partial charge in [0.25, 0.3) is 0 Å². The molecule has 1 aromatic rings. The smallest absolute Gasteiger partial charge is 0.321 e. The number of benzene rings is 1. The second kappa shape index (κ2) is 7.51. The number of nitrogens with zero attached hydrogens (tertiary/aromatic N) is 1. The lowest BCUT2D eigenvalue weighted by Crippen LogP contribution is -2.37. The Labute approximate surface area is 125 Å². The highest BCUT2D eigenvalue weighted by Gasteiger charge is 2.26. The first kappa shape index (κ1) is 16.8. The van der Waals surface area contributed by atoms with Crippen LogP contribution >= 0.6 is 15.9 Å². The first-order chi connectivity index (χ1) is 9.41. The highest BCUT2D eigenvalue weighted by molar-refractivity contribution is 9.10. The molecule has 1 aromatic carbocycles. The monoisotopic (exact) mass is 363 g/mol. The summed E-state index contributed by atoms with van der Waals surface area (Å²) in [5, 5.41) is 0. The molecule has 0 aliphatic carbocycles. The molecular formula is C12H14BrNO5S. The predicted molar refractivity (Wildman–Crippen MR) is 75.6 cm³/mol. The molecule has 0 bridgehead atoms. The summed E-state index contributed by atoms with van der Waals surface area (Å²) in [6.45, 7) is 0.861. The van der Waals surface area contributed by atoms with Crippen molar-refractivity contribution in [1.29, 1.82) is 0 Å². The minimum absolute atomic E-state index is 0.00634. The van der Waals surface area contributed by atoms with E-state index >= 15 is 0 Å². The van der Waals surface area contributed by atoms with Gasteiger partial charge in [0.1, 0.15) is 12.8 Å². The summed E-state index contributed by atoms with van der Waals surface area (Å²) in [6.07, 6.45) is 0.426. The van der Waals surface area contributed by atoms with Crippen molar-refractivity contribution in [1.82, 2.24) is 4.31 Å². The van der Waals surface area contributed by atoms with Gasteiger partial charge in [-0.3, -0.25) is 4.79 Å². The zero-order valence-electron chi connectivity index (χ0n) is 10.8. The zero-order valence-corrected chi connectivity index (χ0v) is 13.2. The van der Waals surface area contributed by atoms with Crippen LogP contribution in [0.3, 0.4) is 0 Å². The summed E-state index contributed by atoms with van der Waals surface area (Å²) in [6, 6.07) is 5.91. The largest absolute Gasteiger partial charge is 0.465 e. The molecule has 0 N–H and O–H groups in total. The Morgan fingerprint density at radius 1 is 1.35 bits per heavy atom. The van der Waals surface area contributed by atoms with Crippen molar-refractivity contribution in [2.24, 2.45) is 0 Å². The molecule has 0 aliphatic heterocycles. The predicted octanol–water partition coefficient (Wildman–Crippen LogP) is 1.20. The lowest BCUT2D eigenvalue weighted by molar-refractivity contribution is -0.143. The van der Waals surface area contributed by atoms with Gasteiger partial charge >= 0.3 is 5.97 Å². The second-order valence-corrected chi connectivity index (χ2v) is 6.58. The lowest BCUT2D eigenvalue weighted by atomic mass is 10.4. The number of sulfonamides is 1. The Hall–Kier alpha value is -1.25. The summed E-state index contributed by atoms with van der Waals surface area (Å²) >= 11 is 3.20. The third-order valence-electron chi connectivity index (χ3n) is 2.34. The molecule has 1 rings (SSSR count). The van der Waals surface area contributed by atoms with E-state index in [1.54, 1.807) is 19.1 Å². The van der Waals surface area contributed by atoms with Crippen LogP contribution in [0, 0.1) is 0 Å². The Kier molecular flexibility index (Phi) is 6.31. The van der Waals surface area contributed by atoms with Crippen LogP contribution < -0.4 is 0 Å². The van der Waals surface area contributed by atoms with Crippen LogP contribution in [0.25, 0.3) is 0 Å². The maximum atomic E-state index is 12.3. The number of hydrogen-bond acceptors (Lipinski definition) is 5. The Morgan fingerprint density at radius 3 is 2.45 bits per heavy atom. The Morgan fingerprint density at radius 2 is 1.95 bits per heavy atom. The molecule has 0 aliphatic rings. The van der Waals surface area contributed by atoms with Crippen molar-refractivity contribution in [2.45, 2.75) is 11.8 Å². The van der Waals surface area contributed by atoms with Gasteiger partial charge in [0.15, 0.2) is 0 Å². The van der Waals surface area contributed by atoms with Gasteiger partial charge in [-0.1, -0.05) is 15.9 Å². The number of carbonyl (C=O) groups is 2. The minimum atomic E-state index is -3.91.